The molecule has 1 heterocycles. The van der Waals surface area contributed by atoms with Gasteiger partial charge in [-0.25, -0.2) is 9.97 Å². The van der Waals surface area contributed by atoms with Gasteiger partial charge in [-0.2, -0.15) is 5.26 Å². The molecule has 0 bridgehead atoms. The molecule has 84 valence electrons. The van der Waals surface area contributed by atoms with Gasteiger partial charge in [-0.15, -0.1) is 0 Å². The van der Waals surface area contributed by atoms with Crippen LogP contribution >= 0.6 is 0 Å². The zero-order chi connectivity index (χ0) is 11.8. The molecule has 0 N–H and O–H groups in total. The normalized spacial score (nSPS) is 18.6. The van der Waals surface area contributed by atoms with Crippen molar-refractivity contribution in [2.45, 2.75) is 50.9 Å². The summed E-state index contributed by atoms with van der Waals surface area (Å²) < 4.78 is 0. The van der Waals surface area contributed by atoms with Gasteiger partial charge in [0.15, 0.2) is 0 Å². The first-order chi connectivity index (χ1) is 7.48. The summed E-state index contributed by atoms with van der Waals surface area (Å²) in [5.41, 5.74) is 0.623. The second-order valence-electron chi connectivity index (χ2n) is 5.56. The van der Waals surface area contributed by atoms with E-state index in [1.165, 1.54) is 0 Å². The quantitative estimate of drug-likeness (QED) is 0.723. The number of hydrogen-bond acceptors (Lipinski definition) is 3. The van der Waals surface area contributed by atoms with Crippen LogP contribution in [0.5, 0.6) is 0 Å². The molecule has 0 saturated heterocycles. The summed E-state index contributed by atoms with van der Waals surface area (Å²) in [6.45, 7) is 6.37. The van der Waals surface area contributed by atoms with E-state index in [4.69, 9.17) is 0 Å². The zero-order valence-corrected chi connectivity index (χ0v) is 10.1. The summed E-state index contributed by atoms with van der Waals surface area (Å²) in [5.74, 6) is 0.716. The van der Waals surface area contributed by atoms with Gasteiger partial charge in [0.2, 0.25) is 0 Å². The predicted molar refractivity (Wildman–Crippen MR) is 61.9 cm³/mol. The highest BCUT2D eigenvalue weighted by Gasteiger charge is 2.42. The molecular formula is C13H17N3. The predicted octanol–water partition coefficient (Wildman–Crippen LogP) is 2.72. The summed E-state index contributed by atoms with van der Waals surface area (Å²) >= 11 is 0. The average molecular weight is 215 g/mol. The van der Waals surface area contributed by atoms with E-state index in [1.54, 1.807) is 6.20 Å². The van der Waals surface area contributed by atoms with E-state index >= 15 is 0 Å². The average Bonchev–Trinajstić information content (AvgIpc) is 2.16. The summed E-state index contributed by atoms with van der Waals surface area (Å²) in [5, 5.41) is 9.25. The Labute approximate surface area is 96.5 Å². The van der Waals surface area contributed by atoms with Gasteiger partial charge in [-0.3, -0.25) is 0 Å². The number of aromatic nitrogens is 2. The zero-order valence-electron chi connectivity index (χ0n) is 10.1. The highest BCUT2D eigenvalue weighted by Crippen LogP contribution is 2.41. The fraction of sp³-hybridized carbons (Fsp3) is 0.615. The molecule has 1 aromatic rings. The van der Waals surface area contributed by atoms with Crippen molar-refractivity contribution in [1.82, 2.24) is 9.97 Å². The lowest BCUT2D eigenvalue weighted by atomic mass is 9.69. The summed E-state index contributed by atoms with van der Waals surface area (Å²) in [7, 11) is 0. The molecule has 0 spiro atoms. The molecule has 1 fully saturated rings. The largest absolute Gasteiger partial charge is 0.240 e. The van der Waals surface area contributed by atoms with Crippen LogP contribution < -0.4 is 0 Å². The van der Waals surface area contributed by atoms with Crippen LogP contribution in [-0.4, -0.2) is 9.97 Å². The highest BCUT2D eigenvalue weighted by atomic mass is 14.9. The van der Waals surface area contributed by atoms with Crippen LogP contribution in [0.4, 0.5) is 0 Å². The van der Waals surface area contributed by atoms with E-state index < -0.39 is 5.41 Å². The van der Waals surface area contributed by atoms with Gasteiger partial charge in [0.25, 0.3) is 0 Å². The molecular weight excluding hydrogens is 198 g/mol. The van der Waals surface area contributed by atoms with Gasteiger partial charge < -0.3 is 0 Å². The third-order valence-corrected chi connectivity index (χ3v) is 3.27. The van der Waals surface area contributed by atoms with E-state index in [2.05, 4.69) is 36.8 Å². The molecule has 2 rings (SSSR count). The fourth-order valence-corrected chi connectivity index (χ4v) is 1.92. The molecule has 1 aromatic heterocycles. The first kappa shape index (κ1) is 11.1. The van der Waals surface area contributed by atoms with E-state index in [0.29, 0.717) is 5.82 Å². The Morgan fingerprint density at radius 3 is 2.50 bits per heavy atom. The van der Waals surface area contributed by atoms with Gasteiger partial charge in [0.05, 0.1) is 6.07 Å². The van der Waals surface area contributed by atoms with Crippen molar-refractivity contribution in [2.24, 2.45) is 0 Å². The van der Waals surface area contributed by atoms with Gasteiger partial charge in [-0.05, 0) is 25.3 Å². The van der Waals surface area contributed by atoms with Crippen LogP contribution in [0.3, 0.4) is 0 Å². The first-order valence-corrected chi connectivity index (χ1v) is 5.73. The number of nitrogens with zero attached hydrogens (tertiary/aromatic N) is 3. The Morgan fingerprint density at radius 1 is 1.38 bits per heavy atom. The molecule has 0 atom stereocenters. The van der Waals surface area contributed by atoms with Crippen LogP contribution in [0.15, 0.2) is 12.3 Å². The van der Waals surface area contributed by atoms with Gasteiger partial charge in [0, 0.05) is 17.3 Å². The van der Waals surface area contributed by atoms with Crippen molar-refractivity contribution in [2.75, 3.05) is 0 Å². The Kier molecular flexibility index (Phi) is 2.46. The summed E-state index contributed by atoms with van der Waals surface area (Å²) in [4.78, 5) is 8.86. The Bertz CT molecular complexity index is 433. The SMILES string of the molecule is CC(C)(C)c1ccnc(C2(C#N)CCC2)n1. The molecule has 0 radical (unpaired) electrons. The maximum atomic E-state index is 9.25. The lowest BCUT2D eigenvalue weighted by Crippen LogP contribution is -2.35. The van der Waals surface area contributed by atoms with Crippen LogP contribution in [0.2, 0.25) is 0 Å². The lowest BCUT2D eigenvalue weighted by molar-refractivity contribution is 0.305. The summed E-state index contributed by atoms with van der Waals surface area (Å²) in [6, 6.07) is 4.32. The third kappa shape index (κ3) is 1.69. The van der Waals surface area contributed by atoms with Crippen molar-refractivity contribution in [1.29, 1.82) is 5.26 Å². The van der Waals surface area contributed by atoms with Crippen LogP contribution in [0.25, 0.3) is 0 Å². The number of nitriles is 1. The number of rotatable bonds is 1. The van der Waals surface area contributed by atoms with E-state index in [1.807, 2.05) is 6.07 Å². The molecule has 0 aliphatic heterocycles. The standard InChI is InChI=1S/C13H17N3/c1-12(2,3)10-5-8-15-11(16-10)13(9-14)6-4-7-13/h5,8H,4,6-7H2,1-3H3. The molecule has 1 aliphatic carbocycles. The fourth-order valence-electron chi connectivity index (χ4n) is 1.92. The molecule has 0 amide bonds. The Balaban J connectivity index is 2.41. The van der Waals surface area contributed by atoms with Crippen molar-refractivity contribution in [3.8, 4) is 6.07 Å². The molecule has 1 aliphatic rings. The van der Waals surface area contributed by atoms with Crippen LogP contribution in [0, 0.1) is 11.3 Å². The van der Waals surface area contributed by atoms with Gasteiger partial charge in [0.1, 0.15) is 11.2 Å². The monoisotopic (exact) mass is 215 g/mol. The summed E-state index contributed by atoms with van der Waals surface area (Å²) in [6.07, 6.45) is 4.69. The molecule has 1 saturated carbocycles. The second kappa shape index (κ2) is 3.55. The van der Waals surface area contributed by atoms with Crippen molar-refractivity contribution < 1.29 is 0 Å². The van der Waals surface area contributed by atoms with E-state index in [-0.39, 0.29) is 5.41 Å². The van der Waals surface area contributed by atoms with Gasteiger partial charge >= 0.3 is 0 Å². The minimum atomic E-state index is -0.402. The van der Waals surface area contributed by atoms with Crippen molar-refractivity contribution in [3.63, 3.8) is 0 Å². The minimum Gasteiger partial charge on any atom is -0.240 e. The maximum Gasteiger partial charge on any atom is 0.148 e. The number of hydrogen-bond donors (Lipinski definition) is 0. The Hall–Kier alpha value is -1.43. The highest BCUT2D eigenvalue weighted by molar-refractivity contribution is 5.26. The molecule has 0 unspecified atom stereocenters. The Morgan fingerprint density at radius 2 is 2.06 bits per heavy atom. The first-order valence-electron chi connectivity index (χ1n) is 5.73. The van der Waals surface area contributed by atoms with Crippen molar-refractivity contribution in [3.05, 3.63) is 23.8 Å². The second-order valence-corrected chi connectivity index (χ2v) is 5.56. The molecule has 3 nitrogen and oxygen atoms in total. The van der Waals surface area contributed by atoms with E-state index in [9.17, 15) is 5.26 Å². The van der Waals surface area contributed by atoms with Gasteiger partial charge in [-0.1, -0.05) is 20.8 Å². The molecule has 16 heavy (non-hydrogen) atoms. The molecule has 0 aromatic carbocycles. The maximum absolute atomic E-state index is 9.25. The van der Waals surface area contributed by atoms with Crippen LogP contribution in [0.1, 0.15) is 51.6 Å². The van der Waals surface area contributed by atoms with E-state index in [0.717, 1.165) is 25.0 Å². The third-order valence-electron chi connectivity index (χ3n) is 3.27. The molecule has 3 heteroatoms. The lowest BCUT2D eigenvalue weighted by Gasteiger charge is -2.34. The van der Waals surface area contributed by atoms with Crippen LogP contribution in [-0.2, 0) is 10.8 Å². The minimum absolute atomic E-state index is 0.0120. The smallest absolute Gasteiger partial charge is 0.148 e. The topological polar surface area (TPSA) is 49.6 Å². The van der Waals surface area contributed by atoms with Crippen molar-refractivity contribution >= 4 is 0 Å².